The molecule has 1 aromatic rings. The van der Waals surface area contributed by atoms with Crippen LogP contribution in [0, 0.1) is 0 Å². The van der Waals surface area contributed by atoms with Crippen molar-refractivity contribution in [2.24, 2.45) is 0 Å². The Hall–Kier alpha value is -0.930. The quantitative estimate of drug-likeness (QED) is 0.760. The minimum atomic E-state index is 1.08. The van der Waals surface area contributed by atoms with Crippen molar-refractivity contribution in [2.75, 3.05) is 39.3 Å². The Kier molecular flexibility index (Phi) is 4.31. The van der Waals surface area contributed by atoms with Crippen molar-refractivity contribution < 1.29 is 0 Å². The molecule has 2 rings (SSSR count). The predicted octanol–water partition coefficient (Wildman–Crippen LogP) is 1.26. The molecule has 0 spiro atoms. The van der Waals surface area contributed by atoms with Gasteiger partial charge < -0.3 is 9.80 Å². The Bertz CT molecular complexity index is 291. The normalized spacial score (nSPS) is 18.8. The van der Waals surface area contributed by atoms with Gasteiger partial charge in [0.2, 0.25) is 0 Å². The van der Waals surface area contributed by atoms with Crippen molar-refractivity contribution >= 4 is 0 Å². The van der Waals surface area contributed by atoms with Gasteiger partial charge in [-0.1, -0.05) is 13.0 Å². The Labute approximate surface area is 98.1 Å². The highest BCUT2D eigenvalue weighted by molar-refractivity contribution is 5.03. The summed E-state index contributed by atoms with van der Waals surface area (Å²) in [6.45, 7) is 9.44. The molecule has 16 heavy (non-hydrogen) atoms. The lowest BCUT2D eigenvalue weighted by Crippen LogP contribution is -2.46. The molecular weight excluding hydrogens is 198 g/mol. The number of piperazine rings is 1. The van der Waals surface area contributed by atoms with Crippen LogP contribution in [0.3, 0.4) is 0 Å². The van der Waals surface area contributed by atoms with Gasteiger partial charge in [0.15, 0.2) is 0 Å². The number of hydrogen-bond donors (Lipinski definition) is 0. The second kappa shape index (κ2) is 5.97. The molecule has 88 valence electrons. The lowest BCUT2D eigenvalue weighted by atomic mass is 10.2. The number of nitrogens with zero attached hydrogens (tertiary/aromatic N) is 3. The van der Waals surface area contributed by atoms with E-state index < -0.39 is 0 Å². The summed E-state index contributed by atoms with van der Waals surface area (Å²) in [5.41, 5.74) is 1.21. The number of pyridine rings is 1. The maximum absolute atomic E-state index is 4.36. The SMILES string of the molecule is CCN1CCN(CCc2ccccn2)CC1. The predicted molar refractivity (Wildman–Crippen MR) is 66.5 cm³/mol. The van der Waals surface area contributed by atoms with Crippen LogP contribution >= 0.6 is 0 Å². The fourth-order valence-electron chi connectivity index (χ4n) is 2.15. The zero-order valence-corrected chi connectivity index (χ0v) is 10.1. The average molecular weight is 219 g/mol. The van der Waals surface area contributed by atoms with Crippen LogP contribution in [-0.2, 0) is 6.42 Å². The second-order valence-electron chi connectivity index (χ2n) is 4.35. The van der Waals surface area contributed by atoms with Crippen LogP contribution in [0.2, 0.25) is 0 Å². The van der Waals surface area contributed by atoms with Crippen molar-refractivity contribution in [1.82, 2.24) is 14.8 Å². The van der Waals surface area contributed by atoms with Crippen LogP contribution in [-0.4, -0.2) is 54.1 Å². The van der Waals surface area contributed by atoms with Gasteiger partial charge in [0.25, 0.3) is 0 Å². The van der Waals surface area contributed by atoms with Crippen molar-refractivity contribution in [1.29, 1.82) is 0 Å². The summed E-state index contributed by atoms with van der Waals surface area (Å²) in [7, 11) is 0. The topological polar surface area (TPSA) is 19.4 Å². The van der Waals surface area contributed by atoms with Gasteiger partial charge >= 0.3 is 0 Å². The van der Waals surface area contributed by atoms with E-state index in [0.29, 0.717) is 0 Å². The number of aromatic nitrogens is 1. The molecule has 1 fully saturated rings. The molecule has 2 heterocycles. The summed E-state index contributed by atoms with van der Waals surface area (Å²) in [5, 5.41) is 0. The molecule has 1 aromatic heterocycles. The van der Waals surface area contributed by atoms with E-state index in [9.17, 15) is 0 Å². The molecule has 3 heteroatoms. The zero-order valence-electron chi connectivity index (χ0n) is 10.1. The Morgan fingerprint density at radius 3 is 2.50 bits per heavy atom. The molecule has 0 saturated carbocycles. The summed E-state index contributed by atoms with van der Waals surface area (Å²) in [4.78, 5) is 9.41. The third-order valence-corrected chi connectivity index (χ3v) is 3.32. The van der Waals surface area contributed by atoms with E-state index in [2.05, 4.69) is 33.8 Å². The van der Waals surface area contributed by atoms with Crippen LogP contribution in [0.25, 0.3) is 0 Å². The molecule has 0 atom stereocenters. The molecule has 0 aromatic carbocycles. The third-order valence-electron chi connectivity index (χ3n) is 3.32. The summed E-state index contributed by atoms with van der Waals surface area (Å²) in [5.74, 6) is 0. The van der Waals surface area contributed by atoms with Gasteiger partial charge in [-0.2, -0.15) is 0 Å². The summed E-state index contributed by atoms with van der Waals surface area (Å²) < 4.78 is 0. The van der Waals surface area contributed by atoms with Gasteiger partial charge in [-0.3, -0.25) is 4.98 Å². The Morgan fingerprint density at radius 2 is 1.88 bits per heavy atom. The molecule has 0 bridgehead atoms. The Balaban J connectivity index is 1.72. The molecule has 1 aliphatic heterocycles. The van der Waals surface area contributed by atoms with Gasteiger partial charge in [0.05, 0.1) is 0 Å². The minimum absolute atomic E-state index is 1.08. The maximum Gasteiger partial charge on any atom is 0.0416 e. The van der Waals surface area contributed by atoms with Crippen LogP contribution in [0.15, 0.2) is 24.4 Å². The monoisotopic (exact) mass is 219 g/mol. The van der Waals surface area contributed by atoms with Crippen LogP contribution in [0.5, 0.6) is 0 Å². The maximum atomic E-state index is 4.36. The van der Waals surface area contributed by atoms with Crippen LogP contribution < -0.4 is 0 Å². The van der Waals surface area contributed by atoms with Crippen molar-refractivity contribution in [3.8, 4) is 0 Å². The highest BCUT2D eigenvalue weighted by atomic mass is 15.3. The number of likely N-dealkylation sites (N-methyl/N-ethyl adjacent to an activating group) is 1. The highest BCUT2D eigenvalue weighted by Gasteiger charge is 2.14. The average Bonchev–Trinajstić information content (AvgIpc) is 2.38. The molecule has 0 amide bonds. The second-order valence-corrected chi connectivity index (χ2v) is 4.35. The zero-order chi connectivity index (χ0) is 11.2. The van der Waals surface area contributed by atoms with Crippen molar-refractivity contribution in [3.05, 3.63) is 30.1 Å². The van der Waals surface area contributed by atoms with E-state index in [0.717, 1.165) is 13.0 Å². The number of hydrogen-bond acceptors (Lipinski definition) is 3. The van der Waals surface area contributed by atoms with Crippen molar-refractivity contribution in [3.63, 3.8) is 0 Å². The lowest BCUT2D eigenvalue weighted by molar-refractivity contribution is 0.138. The largest absolute Gasteiger partial charge is 0.301 e. The first-order valence-corrected chi connectivity index (χ1v) is 6.23. The number of rotatable bonds is 4. The molecule has 0 radical (unpaired) electrons. The summed E-state index contributed by atoms with van der Waals surface area (Å²) >= 11 is 0. The molecular formula is C13H21N3. The van der Waals surface area contributed by atoms with E-state index in [1.807, 2.05) is 12.3 Å². The molecule has 3 nitrogen and oxygen atoms in total. The highest BCUT2D eigenvalue weighted by Crippen LogP contribution is 2.03. The summed E-state index contributed by atoms with van der Waals surface area (Å²) in [6.07, 6.45) is 2.96. The van der Waals surface area contributed by atoms with Gasteiger partial charge in [0, 0.05) is 51.0 Å². The van der Waals surface area contributed by atoms with Gasteiger partial charge in [0.1, 0.15) is 0 Å². The Morgan fingerprint density at radius 1 is 1.12 bits per heavy atom. The summed E-state index contributed by atoms with van der Waals surface area (Å²) in [6, 6.07) is 6.16. The van der Waals surface area contributed by atoms with E-state index in [4.69, 9.17) is 0 Å². The molecule has 0 aliphatic carbocycles. The first-order valence-electron chi connectivity index (χ1n) is 6.23. The fraction of sp³-hybridized carbons (Fsp3) is 0.615. The minimum Gasteiger partial charge on any atom is -0.301 e. The van der Waals surface area contributed by atoms with E-state index in [1.54, 1.807) is 0 Å². The molecule has 0 unspecified atom stereocenters. The molecule has 0 N–H and O–H groups in total. The standard InChI is InChI=1S/C13H21N3/c1-2-15-9-11-16(12-10-15)8-6-13-5-3-4-7-14-13/h3-5,7H,2,6,8-12H2,1H3. The van der Waals surface area contributed by atoms with Gasteiger partial charge in [-0.25, -0.2) is 0 Å². The van der Waals surface area contributed by atoms with Crippen LogP contribution in [0.1, 0.15) is 12.6 Å². The van der Waals surface area contributed by atoms with Crippen molar-refractivity contribution in [2.45, 2.75) is 13.3 Å². The smallest absolute Gasteiger partial charge is 0.0416 e. The van der Waals surface area contributed by atoms with Gasteiger partial charge in [-0.15, -0.1) is 0 Å². The first kappa shape index (κ1) is 11.6. The van der Waals surface area contributed by atoms with E-state index in [1.165, 1.54) is 38.4 Å². The fourth-order valence-corrected chi connectivity index (χ4v) is 2.15. The molecule has 1 aliphatic rings. The first-order chi connectivity index (χ1) is 7.88. The third kappa shape index (κ3) is 3.29. The van der Waals surface area contributed by atoms with Crippen LogP contribution in [0.4, 0.5) is 0 Å². The van der Waals surface area contributed by atoms with Gasteiger partial charge in [-0.05, 0) is 18.7 Å². The van der Waals surface area contributed by atoms with E-state index >= 15 is 0 Å². The van der Waals surface area contributed by atoms with E-state index in [-0.39, 0.29) is 0 Å². The molecule has 1 saturated heterocycles. The lowest BCUT2D eigenvalue weighted by Gasteiger charge is -2.33.